The molecule has 0 aliphatic heterocycles. The first-order valence-electron chi connectivity index (χ1n) is 8.80. The third-order valence-corrected chi connectivity index (χ3v) is 4.82. The molecule has 2 heteroatoms. The molecule has 25 heavy (non-hydrogen) atoms. The van der Waals surface area contributed by atoms with E-state index in [2.05, 4.69) is 53.8 Å². The van der Waals surface area contributed by atoms with E-state index in [1.807, 2.05) is 24.3 Å². The smallest absolute Gasteiger partial charge is 0.164 e. The van der Waals surface area contributed by atoms with Crippen molar-refractivity contribution in [3.8, 4) is 11.1 Å². The van der Waals surface area contributed by atoms with Gasteiger partial charge in [0.25, 0.3) is 0 Å². The van der Waals surface area contributed by atoms with Crippen molar-refractivity contribution < 1.29 is 4.79 Å². The molecular formula is C23H21NO. The molecule has 0 fully saturated rings. The number of hydrogen-bond donors (Lipinski definition) is 1. The second-order valence-electron chi connectivity index (χ2n) is 6.54. The molecule has 0 saturated heterocycles. The fourth-order valence-electron chi connectivity index (χ4n) is 3.49. The third-order valence-electron chi connectivity index (χ3n) is 4.82. The van der Waals surface area contributed by atoms with Crippen LogP contribution in [-0.2, 0) is 13.0 Å². The molecular weight excluding hydrogens is 306 g/mol. The molecule has 4 rings (SSSR count). The number of ketones is 1. The van der Waals surface area contributed by atoms with E-state index in [9.17, 15) is 4.79 Å². The Morgan fingerprint density at radius 3 is 2.48 bits per heavy atom. The van der Waals surface area contributed by atoms with Gasteiger partial charge in [0.15, 0.2) is 5.78 Å². The van der Waals surface area contributed by atoms with Gasteiger partial charge >= 0.3 is 0 Å². The average molecular weight is 327 g/mol. The molecule has 2 nitrogen and oxygen atoms in total. The highest BCUT2D eigenvalue weighted by atomic mass is 16.1. The number of carbonyl (C=O) groups excluding carboxylic acids is 1. The van der Waals surface area contributed by atoms with Gasteiger partial charge < -0.3 is 5.32 Å². The predicted molar refractivity (Wildman–Crippen MR) is 102 cm³/mol. The number of carbonyl (C=O) groups is 1. The topological polar surface area (TPSA) is 29.1 Å². The van der Waals surface area contributed by atoms with Crippen LogP contribution in [0.25, 0.3) is 11.1 Å². The summed E-state index contributed by atoms with van der Waals surface area (Å²) in [4.78, 5) is 12.5. The number of benzene rings is 3. The number of hydrogen-bond acceptors (Lipinski definition) is 2. The van der Waals surface area contributed by atoms with E-state index in [4.69, 9.17) is 0 Å². The van der Waals surface area contributed by atoms with Crippen molar-refractivity contribution in [1.29, 1.82) is 0 Å². The molecule has 0 atom stereocenters. The van der Waals surface area contributed by atoms with Crippen molar-refractivity contribution in [3.05, 3.63) is 95.1 Å². The van der Waals surface area contributed by atoms with Crippen molar-refractivity contribution in [2.24, 2.45) is 0 Å². The molecule has 0 heterocycles. The summed E-state index contributed by atoms with van der Waals surface area (Å²) in [5, 5.41) is 3.35. The van der Waals surface area contributed by atoms with Crippen LogP contribution in [-0.4, -0.2) is 12.3 Å². The van der Waals surface area contributed by atoms with Crippen LogP contribution in [0.3, 0.4) is 0 Å². The van der Waals surface area contributed by atoms with Crippen molar-refractivity contribution in [3.63, 3.8) is 0 Å². The highest BCUT2D eigenvalue weighted by Gasteiger charge is 2.19. The minimum atomic E-state index is 0.208. The second kappa shape index (κ2) is 7.04. The Bertz CT molecular complexity index is 899. The molecule has 0 bridgehead atoms. The quantitative estimate of drug-likeness (QED) is 0.413. The lowest BCUT2D eigenvalue weighted by atomic mass is 10.0. The molecule has 0 saturated carbocycles. The van der Waals surface area contributed by atoms with Crippen LogP contribution in [0.15, 0.2) is 72.8 Å². The summed E-state index contributed by atoms with van der Waals surface area (Å²) in [6.07, 6.45) is 1.46. The van der Waals surface area contributed by atoms with Crippen LogP contribution >= 0.6 is 0 Å². The van der Waals surface area contributed by atoms with E-state index < -0.39 is 0 Å². The Hall–Kier alpha value is -2.71. The minimum Gasteiger partial charge on any atom is -0.312 e. The molecule has 3 aromatic carbocycles. The van der Waals surface area contributed by atoms with E-state index in [1.54, 1.807) is 0 Å². The molecule has 0 unspecified atom stereocenters. The first-order chi connectivity index (χ1) is 12.3. The number of nitrogens with one attached hydrogen (secondary N) is 1. The Morgan fingerprint density at radius 2 is 1.60 bits per heavy atom. The van der Waals surface area contributed by atoms with E-state index in [1.165, 1.54) is 27.8 Å². The van der Waals surface area contributed by atoms with Gasteiger partial charge in [0.1, 0.15) is 0 Å². The lowest BCUT2D eigenvalue weighted by molar-refractivity contribution is 0.0982. The first-order valence-corrected chi connectivity index (χ1v) is 8.80. The summed E-state index contributed by atoms with van der Waals surface area (Å²) in [6.45, 7) is 1.50. The molecule has 124 valence electrons. The summed E-state index contributed by atoms with van der Waals surface area (Å²) in [7, 11) is 0. The summed E-state index contributed by atoms with van der Waals surface area (Å²) in [5.41, 5.74) is 7.27. The fraction of sp³-hybridized carbons (Fsp3) is 0.174. The average Bonchev–Trinajstić information content (AvgIpc) is 3.03. The van der Waals surface area contributed by atoms with Gasteiger partial charge in [-0.05, 0) is 40.3 Å². The van der Waals surface area contributed by atoms with Gasteiger partial charge in [-0.25, -0.2) is 0 Å². The number of Topliss-reactive ketones (excluding diaryl/α,β-unsaturated/α-hetero) is 1. The Kier molecular flexibility index (Phi) is 4.45. The van der Waals surface area contributed by atoms with Gasteiger partial charge in [0, 0.05) is 25.1 Å². The van der Waals surface area contributed by atoms with Crippen LogP contribution in [0.5, 0.6) is 0 Å². The highest BCUT2D eigenvalue weighted by Crippen LogP contribution is 2.36. The summed E-state index contributed by atoms with van der Waals surface area (Å²) < 4.78 is 0. The molecule has 3 aromatic rings. The van der Waals surface area contributed by atoms with Gasteiger partial charge in [0.2, 0.25) is 0 Å². The monoisotopic (exact) mass is 327 g/mol. The number of rotatable bonds is 6. The van der Waals surface area contributed by atoms with Crippen LogP contribution in [0, 0.1) is 0 Å². The van der Waals surface area contributed by atoms with Gasteiger partial charge in [-0.15, -0.1) is 0 Å². The minimum absolute atomic E-state index is 0.208. The summed E-state index contributed by atoms with van der Waals surface area (Å²) in [6, 6.07) is 24.9. The molecule has 1 N–H and O–H groups in total. The van der Waals surface area contributed by atoms with Crippen LogP contribution < -0.4 is 5.32 Å². The molecule has 1 aliphatic carbocycles. The predicted octanol–water partition coefficient (Wildman–Crippen LogP) is 4.62. The van der Waals surface area contributed by atoms with Crippen molar-refractivity contribution in [1.82, 2.24) is 5.32 Å². The number of fused-ring (bicyclic) bond motifs is 3. The van der Waals surface area contributed by atoms with E-state index in [0.29, 0.717) is 13.0 Å². The van der Waals surface area contributed by atoms with E-state index in [-0.39, 0.29) is 5.78 Å². The zero-order chi connectivity index (χ0) is 17.1. The zero-order valence-electron chi connectivity index (χ0n) is 14.2. The molecule has 0 amide bonds. The lowest BCUT2D eigenvalue weighted by Gasteiger charge is -2.07. The second-order valence-corrected chi connectivity index (χ2v) is 6.54. The maximum Gasteiger partial charge on any atom is 0.164 e. The van der Waals surface area contributed by atoms with Crippen LogP contribution in [0.1, 0.15) is 33.5 Å². The first kappa shape index (κ1) is 15.8. The zero-order valence-corrected chi connectivity index (χ0v) is 14.2. The normalized spacial score (nSPS) is 11.8. The lowest BCUT2D eigenvalue weighted by Crippen LogP contribution is -2.18. The fourth-order valence-corrected chi connectivity index (χ4v) is 3.49. The standard InChI is InChI=1S/C23H21NO/c25-23(12-13-24-16-17-6-2-1-3-7-17)19-10-11-22-20(15-19)14-18-8-4-5-9-21(18)22/h1-11,15,24H,12-14,16H2. The molecule has 0 spiro atoms. The Balaban J connectivity index is 1.36. The van der Waals surface area contributed by atoms with Gasteiger partial charge in [-0.3, -0.25) is 4.79 Å². The maximum absolute atomic E-state index is 12.5. The molecule has 0 aromatic heterocycles. The van der Waals surface area contributed by atoms with Gasteiger partial charge in [0.05, 0.1) is 0 Å². The largest absolute Gasteiger partial charge is 0.312 e. The van der Waals surface area contributed by atoms with Crippen molar-refractivity contribution in [2.75, 3.05) is 6.54 Å². The maximum atomic E-state index is 12.5. The Morgan fingerprint density at radius 1 is 0.840 bits per heavy atom. The molecule has 1 aliphatic rings. The highest BCUT2D eigenvalue weighted by molar-refractivity contribution is 5.97. The van der Waals surface area contributed by atoms with Gasteiger partial charge in [-0.1, -0.05) is 66.7 Å². The van der Waals surface area contributed by atoms with E-state index >= 15 is 0 Å². The van der Waals surface area contributed by atoms with Crippen LogP contribution in [0.2, 0.25) is 0 Å². The van der Waals surface area contributed by atoms with Gasteiger partial charge in [-0.2, -0.15) is 0 Å². The van der Waals surface area contributed by atoms with E-state index in [0.717, 1.165) is 18.5 Å². The molecule has 0 radical (unpaired) electrons. The van der Waals surface area contributed by atoms with Crippen molar-refractivity contribution in [2.45, 2.75) is 19.4 Å². The van der Waals surface area contributed by atoms with Crippen molar-refractivity contribution >= 4 is 5.78 Å². The van der Waals surface area contributed by atoms with Crippen LogP contribution in [0.4, 0.5) is 0 Å². The Labute approximate surface area is 148 Å². The summed E-state index contributed by atoms with van der Waals surface area (Å²) >= 11 is 0. The SMILES string of the molecule is O=C(CCNCc1ccccc1)c1ccc2c(c1)Cc1ccccc1-2. The third kappa shape index (κ3) is 3.40. The summed E-state index contributed by atoms with van der Waals surface area (Å²) in [5.74, 6) is 0.208.